The molecule has 0 amide bonds. The van der Waals surface area contributed by atoms with Crippen molar-refractivity contribution < 1.29 is 19.0 Å². The van der Waals surface area contributed by atoms with E-state index in [1.54, 1.807) is 12.1 Å². The Morgan fingerprint density at radius 2 is 2.00 bits per heavy atom. The summed E-state index contributed by atoms with van der Waals surface area (Å²) in [6.07, 6.45) is 0. The number of hydrogen-bond acceptors (Lipinski definition) is 5. The molecule has 5 heteroatoms. The van der Waals surface area contributed by atoms with Crippen LogP contribution in [0.4, 0.5) is 0 Å². The average molecular weight is 222 g/mol. The van der Waals surface area contributed by atoms with E-state index in [0.717, 1.165) is 0 Å². The van der Waals surface area contributed by atoms with E-state index in [1.807, 2.05) is 0 Å². The summed E-state index contributed by atoms with van der Waals surface area (Å²) >= 11 is 0. The van der Waals surface area contributed by atoms with E-state index in [9.17, 15) is 9.90 Å². The number of benzene rings is 1. The third kappa shape index (κ3) is 1.46. The molecule has 0 radical (unpaired) electrons. The highest BCUT2D eigenvalue weighted by Gasteiger charge is 2.14. The lowest BCUT2D eigenvalue weighted by Crippen LogP contribution is -2.03. The molecule has 1 aromatic carbocycles. The molecule has 1 N–H and O–H groups in total. The van der Waals surface area contributed by atoms with Crippen LogP contribution in [0.1, 0.15) is 0 Å². The second-order valence-electron chi connectivity index (χ2n) is 3.13. The molecule has 0 unspecified atom stereocenters. The van der Waals surface area contributed by atoms with Gasteiger partial charge in [0.15, 0.2) is 5.75 Å². The predicted octanol–water partition coefficient (Wildman–Crippen LogP) is 1.52. The summed E-state index contributed by atoms with van der Waals surface area (Å²) < 4.78 is 14.7. The fourth-order valence-electron chi connectivity index (χ4n) is 1.45. The molecule has 1 aromatic heterocycles. The number of aromatic hydroxyl groups is 1. The van der Waals surface area contributed by atoms with Crippen molar-refractivity contribution in [3.8, 4) is 17.2 Å². The zero-order valence-electron chi connectivity index (χ0n) is 8.81. The number of rotatable bonds is 2. The van der Waals surface area contributed by atoms with Gasteiger partial charge >= 0.3 is 5.63 Å². The maximum absolute atomic E-state index is 11.4. The summed E-state index contributed by atoms with van der Waals surface area (Å²) in [6.45, 7) is 0. The molecule has 0 saturated heterocycles. The Hall–Kier alpha value is -2.17. The van der Waals surface area contributed by atoms with Crippen LogP contribution in [-0.2, 0) is 0 Å². The van der Waals surface area contributed by atoms with Crippen LogP contribution in [0.15, 0.2) is 27.4 Å². The molecule has 5 nitrogen and oxygen atoms in total. The SMILES string of the molecule is COc1ccc2c(O)c(OC)c(=O)oc2c1. The van der Waals surface area contributed by atoms with E-state index in [2.05, 4.69) is 0 Å². The first kappa shape index (κ1) is 10.4. The highest BCUT2D eigenvalue weighted by molar-refractivity contribution is 5.86. The fraction of sp³-hybridized carbons (Fsp3) is 0.182. The van der Waals surface area contributed by atoms with Crippen molar-refractivity contribution in [2.75, 3.05) is 14.2 Å². The third-order valence-corrected chi connectivity index (χ3v) is 2.25. The van der Waals surface area contributed by atoms with Crippen molar-refractivity contribution in [2.45, 2.75) is 0 Å². The smallest absolute Gasteiger partial charge is 0.383 e. The van der Waals surface area contributed by atoms with E-state index in [-0.39, 0.29) is 17.1 Å². The summed E-state index contributed by atoms with van der Waals surface area (Å²) in [5.41, 5.74) is -0.469. The fourth-order valence-corrected chi connectivity index (χ4v) is 1.45. The summed E-state index contributed by atoms with van der Waals surface area (Å²) in [4.78, 5) is 11.4. The molecule has 1 heterocycles. The topological polar surface area (TPSA) is 68.9 Å². The molecule has 0 bridgehead atoms. The lowest BCUT2D eigenvalue weighted by atomic mass is 10.2. The van der Waals surface area contributed by atoms with Crippen LogP contribution in [0.25, 0.3) is 11.0 Å². The number of fused-ring (bicyclic) bond motifs is 1. The summed E-state index contributed by atoms with van der Waals surface area (Å²) in [7, 11) is 2.80. The van der Waals surface area contributed by atoms with Gasteiger partial charge in [-0.05, 0) is 12.1 Å². The maximum Gasteiger partial charge on any atom is 0.383 e. The van der Waals surface area contributed by atoms with E-state index in [1.165, 1.54) is 20.3 Å². The third-order valence-electron chi connectivity index (χ3n) is 2.25. The highest BCUT2D eigenvalue weighted by atomic mass is 16.5. The predicted molar refractivity (Wildman–Crippen MR) is 57.3 cm³/mol. The van der Waals surface area contributed by atoms with Crippen molar-refractivity contribution >= 4 is 11.0 Å². The first-order valence-corrected chi connectivity index (χ1v) is 4.55. The zero-order chi connectivity index (χ0) is 11.7. The van der Waals surface area contributed by atoms with Crippen molar-refractivity contribution in [1.82, 2.24) is 0 Å². The van der Waals surface area contributed by atoms with Crippen LogP contribution in [0.5, 0.6) is 17.2 Å². The maximum atomic E-state index is 11.4. The molecule has 84 valence electrons. The quantitative estimate of drug-likeness (QED) is 0.780. The van der Waals surface area contributed by atoms with Crippen LogP contribution in [0.2, 0.25) is 0 Å². The second-order valence-corrected chi connectivity index (χ2v) is 3.13. The Kier molecular flexibility index (Phi) is 2.44. The van der Waals surface area contributed by atoms with E-state index in [0.29, 0.717) is 11.1 Å². The summed E-state index contributed by atoms with van der Waals surface area (Å²) in [6, 6.07) is 4.77. The molecule has 0 fully saturated rings. The van der Waals surface area contributed by atoms with E-state index < -0.39 is 5.63 Å². The Morgan fingerprint density at radius 3 is 2.62 bits per heavy atom. The molecule has 0 aliphatic heterocycles. The van der Waals surface area contributed by atoms with Gasteiger partial charge in [-0.15, -0.1) is 0 Å². The van der Waals surface area contributed by atoms with Gasteiger partial charge in [0, 0.05) is 6.07 Å². The molecule has 0 atom stereocenters. The molecule has 16 heavy (non-hydrogen) atoms. The van der Waals surface area contributed by atoms with Crippen LogP contribution >= 0.6 is 0 Å². The van der Waals surface area contributed by atoms with Crippen molar-refractivity contribution in [1.29, 1.82) is 0 Å². The summed E-state index contributed by atoms with van der Waals surface area (Å²) in [5, 5.41) is 10.2. The van der Waals surface area contributed by atoms with Gasteiger partial charge < -0.3 is 19.0 Å². The molecular formula is C11H10O5. The molecule has 2 aromatic rings. The molecule has 0 spiro atoms. The van der Waals surface area contributed by atoms with Gasteiger partial charge in [0.1, 0.15) is 11.3 Å². The average Bonchev–Trinajstić information content (AvgIpc) is 2.28. The highest BCUT2D eigenvalue weighted by Crippen LogP contribution is 2.32. The molecular weight excluding hydrogens is 212 g/mol. The van der Waals surface area contributed by atoms with Crippen molar-refractivity contribution in [3.63, 3.8) is 0 Å². The number of methoxy groups -OCH3 is 2. The van der Waals surface area contributed by atoms with Gasteiger partial charge in [-0.2, -0.15) is 0 Å². The lowest BCUT2D eigenvalue weighted by molar-refractivity contribution is 0.351. The lowest BCUT2D eigenvalue weighted by Gasteiger charge is -2.05. The van der Waals surface area contributed by atoms with Gasteiger partial charge in [0.05, 0.1) is 19.6 Å². The molecule has 2 rings (SSSR count). The monoisotopic (exact) mass is 222 g/mol. The van der Waals surface area contributed by atoms with Gasteiger partial charge in [-0.1, -0.05) is 0 Å². The van der Waals surface area contributed by atoms with Gasteiger partial charge in [-0.25, -0.2) is 4.79 Å². The first-order valence-electron chi connectivity index (χ1n) is 4.55. The number of ether oxygens (including phenoxy) is 2. The Bertz CT molecular complexity index is 585. The van der Waals surface area contributed by atoms with Crippen LogP contribution in [0.3, 0.4) is 0 Å². The van der Waals surface area contributed by atoms with E-state index >= 15 is 0 Å². The second kappa shape index (κ2) is 3.77. The summed E-state index contributed by atoms with van der Waals surface area (Å²) in [5.74, 6) is 0.120. The Labute approximate surface area is 90.8 Å². The van der Waals surface area contributed by atoms with Crippen LogP contribution in [-0.4, -0.2) is 19.3 Å². The first-order chi connectivity index (χ1) is 7.67. The molecule has 0 aliphatic carbocycles. The minimum absolute atomic E-state index is 0.197. The molecule has 0 saturated carbocycles. The standard InChI is InChI=1S/C11H10O5/c1-14-6-3-4-7-8(5-6)16-11(13)10(15-2)9(7)12/h3-5,12H,1-2H3. The molecule has 0 aliphatic rings. The zero-order valence-corrected chi connectivity index (χ0v) is 8.81. The van der Waals surface area contributed by atoms with Crippen LogP contribution in [0, 0.1) is 0 Å². The largest absolute Gasteiger partial charge is 0.504 e. The Morgan fingerprint density at radius 1 is 1.25 bits per heavy atom. The number of hydrogen-bond donors (Lipinski definition) is 1. The minimum Gasteiger partial charge on any atom is -0.504 e. The van der Waals surface area contributed by atoms with Gasteiger partial charge in [-0.3, -0.25) is 0 Å². The minimum atomic E-state index is -0.722. The van der Waals surface area contributed by atoms with E-state index in [4.69, 9.17) is 13.9 Å². The van der Waals surface area contributed by atoms with Gasteiger partial charge in [0.2, 0.25) is 5.75 Å². The normalized spacial score (nSPS) is 10.4. The van der Waals surface area contributed by atoms with Crippen LogP contribution < -0.4 is 15.1 Å². The Balaban J connectivity index is 2.81. The van der Waals surface area contributed by atoms with Crippen molar-refractivity contribution in [2.24, 2.45) is 0 Å². The van der Waals surface area contributed by atoms with Gasteiger partial charge in [0.25, 0.3) is 0 Å². The van der Waals surface area contributed by atoms with Crippen molar-refractivity contribution in [3.05, 3.63) is 28.6 Å².